The Labute approximate surface area is 229 Å². The van der Waals surface area contributed by atoms with Crippen LogP contribution in [0, 0.1) is 0 Å². The van der Waals surface area contributed by atoms with E-state index in [9.17, 15) is 9.59 Å². The van der Waals surface area contributed by atoms with Crippen molar-refractivity contribution in [2.45, 2.75) is 162 Å². The van der Waals surface area contributed by atoms with Gasteiger partial charge in [0.05, 0.1) is 0 Å². The second-order valence-electron chi connectivity index (χ2n) is 10.5. The van der Waals surface area contributed by atoms with E-state index in [1.165, 1.54) is 77.0 Å². The van der Waals surface area contributed by atoms with E-state index in [-0.39, 0.29) is 18.0 Å². The molecule has 0 unspecified atom stereocenters. The Morgan fingerprint density at radius 1 is 0.622 bits per heavy atom. The third-order valence-electron chi connectivity index (χ3n) is 6.76. The number of ether oxygens (including phenoxy) is 2. The predicted octanol–water partition coefficient (Wildman–Crippen LogP) is 8.84. The first-order valence-corrected chi connectivity index (χ1v) is 15.8. The number of unbranched alkanes of at least 4 members (excludes halogenated alkanes) is 12. The number of allylic oxidation sites excluding steroid dienone is 1. The molecule has 0 aliphatic carbocycles. The highest BCUT2D eigenvalue weighted by molar-refractivity contribution is 5.69. The number of hydrogen-bond donors (Lipinski definition) is 1. The van der Waals surface area contributed by atoms with E-state index < -0.39 is 0 Å². The van der Waals surface area contributed by atoms with Gasteiger partial charge in [-0.25, -0.2) is 0 Å². The largest absolute Gasteiger partial charge is 0.462 e. The van der Waals surface area contributed by atoms with Crippen molar-refractivity contribution in [3.8, 4) is 0 Å². The van der Waals surface area contributed by atoms with Gasteiger partial charge in [-0.1, -0.05) is 104 Å². The second kappa shape index (κ2) is 29.2. The molecule has 0 aliphatic heterocycles. The van der Waals surface area contributed by atoms with Crippen molar-refractivity contribution in [1.82, 2.24) is 5.32 Å². The topological polar surface area (TPSA) is 64.6 Å². The van der Waals surface area contributed by atoms with E-state index in [1.807, 2.05) is 6.08 Å². The van der Waals surface area contributed by atoms with E-state index in [0.29, 0.717) is 19.4 Å². The Morgan fingerprint density at radius 2 is 1.14 bits per heavy atom. The molecule has 0 aromatic rings. The molecule has 0 saturated heterocycles. The molecule has 0 radical (unpaired) electrons. The number of rotatable bonds is 28. The Morgan fingerprint density at radius 3 is 1.70 bits per heavy atom. The van der Waals surface area contributed by atoms with Crippen LogP contribution < -0.4 is 5.32 Å². The summed E-state index contributed by atoms with van der Waals surface area (Å²) in [7, 11) is 0. The molecule has 0 saturated carbocycles. The first-order chi connectivity index (χ1) is 18.1. The van der Waals surface area contributed by atoms with Crippen LogP contribution in [0.3, 0.4) is 0 Å². The fourth-order valence-corrected chi connectivity index (χ4v) is 4.39. The van der Waals surface area contributed by atoms with Gasteiger partial charge in [0.1, 0.15) is 12.7 Å². The molecule has 5 heteroatoms. The quantitative estimate of drug-likeness (QED) is 0.0630. The minimum atomic E-state index is -0.142. The zero-order valence-corrected chi connectivity index (χ0v) is 24.8. The van der Waals surface area contributed by atoms with Gasteiger partial charge in [0.25, 0.3) is 0 Å². The van der Waals surface area contributed by atoms with Gasteiger partial charge >= 0.3 is 11.9 Å². The highest BCUT2D eigenvalue weighted by Crippen LogP contribution is 2.17. The molecule has 1 N–H and O–H groups in total. The lowest BCUT2D eigenvalue weighted by Crippen LogP contribution is -2.21. The zero-order valence-electron chi connectivity index (χ0n) is 24.8. The molecule has 0 rings (SSSR count). The third kappa shape index (κ3) is 27.5. The molecule has 218 valence electrons. The van der Waals surface area contributed by atoms with E-state index in [0.717, 1.165) is 58.0 Å². The SMILES string of the molecule is CCCCCC/C=C\COC(=O)CCCNCCCC(=O)OC(CCCCCCC)CCCCCCC. The predicted molar refractivity (Wildman–Crippen MR) is 157 cm³/mol. The van der Waals surface area contributed by atoms with E-state index in [1.54, 1.807) is 0 Å². The smallest absolute Gasteiger partial charge is 0.306 e. The Balaban J connectivity index is 3.84. The maximum atomic E-state index is 12.4. The van der Waals surface area contributed by atoms with Gasteiger partial charge in [-0.3, -0.25) is 9.59 Å². The van der Waals surface area contributed by atoms with Crippen molar-refractivity contribution in [3.63, 3.8) is 0 Å². The van der Waals surface area contributed by atoms with Gasteiger partial charge < -0.3 is 14.8 Å². The Bertz CT molecular complexity index is 521. The molecule has 0 bridgehead atoms. The van der Waals surface area contributed by atoms with Crippen LogP contribution >= 0.6 is 0 Å². The lowest BCUT2D eigenvalue weighted by molar-refractivity contribution is -0.150. The fraction of sp³-hybridized carbons (Fsp3) is 0.875. The van der Waals surface area contributed by atoms with Gasteiger partial charge in [-0.05, 0) is 64.5 Å². The maximum absolute atomic E-state index is 12.4. The van der Waals surface area contributed by atoms with Crippen LogP contribution in [0.4, 0.5) is 0 Å². The first kappa shape index (κ1) is 35.6. The van der Waals surface area contributed by atoms with Crippen molar-refractivity contribution in [2.24, 2.45) is 0 Å². The minimum absolute atomic E-state index is 0.0593. The summed E-state index contributed by atoms with van der Waals surface area (Å²) in [6, 6.07) is 0. The number of esters is 2. The molecule has 0 aliphatic rings. The van der Waals surface area contributed by atoms with Crippen LogP contribution in [0.1, 0.15) is 156 Å². The third-order valence-corrected chi connectivity index (χ3v) is 6.76. The average Bonchev–Trinajstić information content (AvgIpc) is 2.89. The van der Waals surface area contributed by atoms with Crippen LogP contribution in [0.2, 0.25) is 0 Å². The number of hydrogen-bond acceptors (Lipinski definition) is 5. The normalized spacial score (nSPS) is 11.5. The van der Waals surface area contributed by atoms with Crippen molar-refractivity contribution in [1.29, 1.82) is 0 Å². The van der Waals surface area contributed by atoms with Crippen LogP contribution in [-0.2, 0) is 19.1 Å². The average molecular weight is 524 g/mol. The molecule has 0 aromatic heterocycles. The number of nitrogens with one attached hydrogen (secondary N) is 1. The molecule has 0 heterocycles. The van der Waals surface area contributed by atoms with E-state index in [4.69, 9.17) is 9.47 Å². The van der Waals surface area contributed by atoms with Crippen molar-refractivity contribution < 1.29 is 19.1 Å². The molecule has 0 amide bonds. The maximum Gasteiger partial charge on any atom is 0.306 e. The van der Waals surface area contributed by atoms with Gasteiger partial charge in [0.15, 0.2) is 0 Å². The zero-order chi connectivity index (χ0) is 27.2. The van der Waals surface area contributed by atoms with E-state index >= 15 is 0 Å². The summed E-state index contributed by atoms with van der Waals surface area (Å²) >= 11 is 0. The molecular weight excluding hydrogens is 462 g/mol. The monoisotopic (exact) mass is 523 g/mol. The fourth-order valence-electron chi connectivity index (χ4n) is 4.39. The van der Waals surface area contributed by atoms with Crippen LogP contribution in [0.5, 0.6) is 0 Å². The minimum Gasteiger partial charge on any atom is -0.462 e. The number of carbonyl (C=O) groups is 2. The highest BCUT2D eigenvalue weighted by atomic mass is 16.5. The summed E-state index contributed by atoms with van der Waals surface area (Å²) in [5.74, 6) is -0.202. The summed E-state index contributed by atoms with van der Waals surface area (Å²) in [5, 5.41) is 3.33. The summed E-state index contributed by atoms with van der Waals surface area (Å²) in [6.07, 6.45) is 27.1. The molecular formula is C32H61NO4. The second-order valence-corrected chi connectivity index (χ2v) is 10.5. The molecule has 0 atom stereocenters. The Hall–Kier alpha value is -1.36. The molecule has 0 fully saturated rings. The lowest BCUT2D eigenvalue weighted by Gasteiger charge is -2.18. The standard InChI is InChI=1S/C32H61NO4/c1-4-7-10-13-14-17-20-29-36-31(34)25-21-27-33-28-22-26-32(35)37-30(23-18-15-11-8-5-2)24-19-16-12-9-6-3/h17,20,30,33H,4-16,18-19,21-29H2,1-3H3/b20-17-. The number of carbonyl (C=O) groups excluding carboxylic acids is 2. The summed E-state index contributed by atoms with van der Waals surface area (Å²) in [6.45, 7) is 8.59. The van der Waals surface area contributed by atoms with Gasteiger partial charge in [-0.2, -0.15) is 0 Å². The van der Waals surface area contributed by atoms with Crippen LogP contribution in [-0.4, -0.2) is 37.7 Å². The van der Waals surface area contributed by atoms with Gasteiger partial charge in [0, 0.05) is 12.8 Å². The molecule has 5 nitrogen and oxygen atoms in total. The highest BCUT2D eigenvalue weighted by Gasteiger charge is 2.14. The van der Waals surface area contributed by atoms with Crippen molar-refractivity contribution in [3.05, 3.63) is 12.2 Å². The summed E-state index contributed by atoms with van der Waals surface area (Å²) in [4.78, 5) is 24.2. The molecule has 37 heavy (non-hydrogen) atoms. The van der Waals surface area contributed by atoms with Crippen molar-refractivity contribution in [2.75, 3.05) is 19.7 Å². The van der Waals surface area contributed by atoms with E-state index in [2.05, 4.69) is 32.2 Å². The van der Waals surface area contributed by atoms with Gasteiger partial charge in [0.2, 0.25) is 0 Å². The van der Waals surface area contributed by atoms with Crippen LogP contribution in [0.15, 0.2) is 12.2 Å². The molecule has 0 aromatic carbocycles. The molecule has 0 spiro atoms. The lowest BCUT2D eigenvalue weighted by atomic mass is 10.0. The van der Waals surface area contributed by atoms with Crippen LogP contribution in [0.25, 0.3) is 0 Å². The summed E-state index contributed by atoms with van der Waals surface area (Å²) < 4.78 is 11.1. The van der Waals surface area contributed by atoms with Gasteiger partial charge in [-0.15, -0.1) is 0 Å². The first-order valence-electron chi connectivity index (χ1n) is 15.8. The summed E-state index contributed by atoms with van der Waals surface area (Å²) in [5.41, 5.74) is 0. The Kier molecular flexibility index (Phi) is 28.1. The van der Waals surface area contributed by atoms with Crippen molar-refractivity contribution >= 4 is 11.9 Å².